The summed E-state index contributed by atoms with van der Waals surface area (Å²) in [6.45, 7) is 2.03. The Bertz CT molecular complexity index is 476. The zero-order valence-corrected chi connectivity index (χ0v) is 10.2. The molecule has 2 rings (SSSR count). The maximum Gasteiger partial charge on any atom is 0.292 e. The summed E-state index contributed by atoms with van der Waals surface area (Å²) in [5.74, 6) is 0.842. The van der Waals surface area contributed by atoms with Crippen LogP contribution in [0.2, 0.25) is 0 Å². The number of rotatable bonds is 3. The molecule has 1 aromatic carbocycles. The second-order valence-electron chi connectivity index (χ2n) is 3.41. The molecule has 0 amide bonds. The number of nitrogens with two attached hydrogens (primary N) is 1. The smallest absolute Gasteiger partial charge is 0.292 e. The van der Waals surface area contributed by atoms with E-state index in [4.69, 9.17) is 10.2 Å². The fourth-order valence-electron chi connectivity index (χ4n) is 1.58. The second kappa shape index (κ2) is 4.61. The highest BCUT2D eigenvalue weighted by Gasteiger charge is 2.11. The molecule has 0 saturated carbocycles. The van der Waals surface area contributed by atoms with Gasteiger partial charge in [-0.3, -0.25) is 0 Å². The third-order valence-electron chi connectivity index (χ3n) is 2.40. The summed E-state index contributed by atoms with van der Waals surface area (Å²) in [7, 11) is 0. The number of benzene rings is 1. The lowest BCUT2D eigenvalue weighted by Crippen LogP contribution is -1.85. The highest BCUT2D eigenvalue weighted by Crippen LogP contribution is 2.27. The number of oxazole rings is 1. The molecule has 0 unspecified atom stereocenters. The van der Waals surface area contributed by atoms with E-state index in [0.717, 1.165) is 23.4 Å². The lowest BCUT2D eigenvalue weighted by atomic mass is 10.1. The number of hydrogen-bond donors (Lipinski definition) is 1. The van der Waals surface area contributed by atoms with E-state index in [-0.39, 0.29) is 6.01 Å². The Morgan fingerprint density at radius 3 is 2.56 bits per heavy atom. The van der Waals surface area contributed by atoms with Crippen molar-refractivity contribution in [2.45, 2.75) is 18.2 Å². The number of thioether (sulfide) groups is 1. The van der Waals surface area contributed by atoms with E-state index < -0.39 is 0 Å². The first kappa shape index (κ1) is 11.1. The summed E-state index contributed by atoms with van der Waals surface area (Å²) in [6, 6.07) is 8.47. The van der Waals surface area contributed by atoms with Crippen LogP contribution < -0.4 is 5.73 Å². The summed E-state index contributed by atoms with van der Waals surface area (Å²) in [4.78, 5) is 5.45. The van der Waals surface area contributed by atoms with Gasteiger partial charge in [-0.05, 0) is 18.4 Å². The molecule has 16 heavy (non-hydrogen) atoms. The predicted octanol–water partition coefficient (Wildman–Crippen LogP) is 3.21. The fourth-order valence-corrected chi connectivity index (χ4v) is 1.99. The van der Waals surface area contributed by atoms with Crippen LogP contribution in [-0.4, -0.2) is 11.2 Å². The first-order chi connectivity index (χ1) is 7.74. The standard InChI is InChI=1S/C12H14N2OS/c1-3-10-11(14-12(13)15-10)8-4-6-9(16-2)7-5-8/h4-7H,3H2,1-2H3,(H2,13,14). The van der Waals surface area contributed by atoms with Gasteiger partial charge >= 0.3 is 0 Å². The molecular formula is C12H14N2OS. The van der Waals surface area contributed by atoms with Crippen molar-refractivity contribution in [3.63, 3.8) is 0 Å². The van der Waals surface area contributed by atoms with Gasteiger partial charge in [0.15, 0.2) is 0 Å². The highest BCUT2D eigenvalue weighted by atomic mass is 32.2. The van der Waals surface area contributed by atoms with E-state index in [1.807, 2.05) is 19.1 Å². The Balaban J connectivity index is 2.41. The van der Waals surface area contributed by atoms with Crippen LogP contribution in [0.3, 0.4) is 0 Å². The molecule has 0 atom stereocenters. The van der Waals surface area contributed by atoms with Crippen molar-refractivity contribution in [1.29, 1.82) is 0 Å². The Morgan fingerprint density at radius 1 is 1.31 bits per heavy atom. The minimum absolute atomic E-state index is 0.237. The summed E-state index contributed by atoms with van der Waals surface area (Å²) in [6.07, 6.45) is 2.85. The fraction of sp³-hybridized carbons (Fsp3) is 0.250. The maximum atomic E-state index is 5.57. The quantitative estimate of drug-likeness (QED) is 0.828. The molecule has 0 aliphatic heterocycles. The largest absolute Gasteiger partial charge is 0.428 e. The normalized spacial score (nSPS) is 10.6. The van der Waals surface area contributed by atoms with Crippen molar-refractivity contribution in [2.24, 2.45) is 0 Å². The molecule has 0 aliphatic rings. The molecule has 2 aromatic rings. The minimum atomic E-state index is 0.237. The Hall–Kier alpha value is -1.42. The number of hydrogen-bond acceptors (Lipinski definition) is 4. The molecule has 3 nitrogen and oxygen atoms in total. The summed E-state index contributed by atoms with van der Waals surface area (Å²) in [5.41, 5.74) is 7.47. The van der Waals surface area contributed by atoms with Crippen LogP contribution in [0, 0.1) is 0 Å². The van der Waals surface area contributed by atoms with Crippen LogP contribution in [0.4, 0.5) is 6.01 Å². The van der Waals surface area contributed by atoms with Gasteiger partial charge in [-0.15, -0.1) is 11.8 Å². The molecule has 1 heterocycles. The van der Waals surface area contributed by atoms with E-state index in [1.165, 1.54) is 4.90 Å². The van der Waals surface area contributed by atoms with Gasteiger partial charge in [-0.1, -0.05) is 19.1 Å². The molecular weight excluding hydrogens is 220 g/mol. The molecule has 0 aliphatic carbocycles. The van der Waals surface area contributed by atoms with Gasteiger partial charge in [0.1, 0.15) is 11.5 Å². The lowest BCUT2D eigenvalue weighted by Gasteiger charge is -2.00. The molecule has 1 aromatic heterocycles. The summed E-state index contributed by atoms with van der Waals surface area (Å²) in [5, 5.41) is 0. The van der Waals surface area contributed by atoms with Crippen molar-refractivity contribution < 1.29 is 4.42 Å². The Labute approximate surface area is 99.1 Å². The number of nitrogens with zero attached hydrogens (tertiary/aromatic N) is 1. The molecule has 0 saturated heterocycles. The van der Waals surface area contributed by atoms with Gasteiger partial charge in [0.05, 0.1) is 0 Å². The van der Waals surface area contributed by atoms with Gasteiger partial charge in [0.2, 0.25) is 0 Å². The SMILES string of the molecule is CCc1oc(N)nc1-c1ccc(SC)cc1. The molecule has 0 bridgehead atoms. The van der Waals surface area contributed by atoms with Crippen LogP contribution in [0.25, 0.3) is 11.3 Å². The number of anilines is 1. The third kappa shape index (κ3) is 2.07. The number of aromatic nitrogens is 1. The van der Waals surface area contributed by atoms with Gasteiger partial charge in [-0.25, -0.2) is 0 Å². The average molecular weight is 234 g/mol. The number of aryl methyl sites for hydroxylation is 1. The van der Waals surface area contributed by atoms with Gasteiger partial charge in [-0.2, -0.15) is 4.98 Å². The zero-order valence-electron chi connectivity index (χ0n) is 9.36. The van der Waals surface area contributed by atoms with Gasteiger partial charge in [0, 0.05) is 16.9 Å². The summed E-state index contributed by atoms with van der Waals surface area (Å²) < 4.78 is 5.34. The van der Waals surface area contributed by atoms with Crippen molar-refractivity contribution >= 4 is 17.8 Å². The van der Waals surface area contributed by atoms with E-state index in [9.17, 15) is 0 Å². The summed E-state index contributed by atoms with van der Waals surface area (Å²) >= 11 is 1.72. The number of nitrogen functional groups attached to an aromatic ring is 1. The molecule has 0 radical (unpaired) electrons. The highest BCUT2D eigenvalue weighted by molar-refractivity contribution is 7.98. The van der Waals surface area contributed by atoms with Crippen LogP contribution >= 0.6 is 11.8 Å². The first-order valence-electron chi connectivity index (χ1n) is 5.14. The van der Waals surface area contributed by atoms with Crippen LogP contribution in [0.5, 0.6) is 0 Å². The van der Waals surface area contributed by atoms with Crippen molar-refractivity contribution in [1.82, 2.24) is 4.98 Å². The molecule has 84 valence electrons. The van der Waals surface area contributed by atoms with E-state index in [1.54, 1.807) is 11.8 Å². The minimum Gasteiger partial charge on any atom is -0.428 e. The topological polar surface area (TPSA) is 52.0 Å². The van der Waals surface area contributed by atoms with Crippen LogP contribution in [0.15, 0.2) is 33.6 Å². The predicted molar refractivity (Wildman–Crippen MR) is 67.5 cm³/mol. The lowest BCUT2D eigenvalue weighted by molar-refractivity contribution is 0.530. The first-order valence-corrected chi connectivity index (χ1v) is 6.36. The zero-order chi connectivity index (χ0) is 11.5. The Morgan fingerprint density at radius 2 is 2.00 bits per heavy atom. The van der Waals surface area contributed by atoms with E-state index >= 15 is 0 Å². The van der Waals surface area contributed by atoms with Gasteiger partial charge < -0.3 is 10.2 Å². The van der Waals surface area contributed by atoms with E-state index in [2.05, 4.69) is 23.4 Å². The molecule has 4 heteroatoms. The average Bonchev–Trinajstić information content (AvgIpc) is 2.70. The monoisotopic (exact) mass is 234 g/mol. The second-order valence-corrected chi connectivity index (χ2v) is 4.29. The van der Waals surface area contributed by atoms with Crippen molar-refractivity contribution in [3.05, 3.63) is 30.0 Å². The van der Waals surface area contributed by atoms with Crippen molar-refractivity contribution in [3.8, 4) is 11.3 Å². The third-order valence-corrected chi connectivity index (χ3v) is 3.14. The van der Waals surface area contributed by atoms with Crippen molar-refractivity contribution in [2.75, 3.05) is 12.0 Å². The molecule has 2 N–H and O–H groups in total. The maximum absolute atomic E-state index is 5.57. The molecule has 0 spiro atoms. The van der Waals surface area contributed by atoms with Crippen LogP contribution in [0.1, 0.15) is 12.7 Å². The molecule has 0 fully saturated rings. The van der Waals surface area contributed by atoms with Crippen LogP contribution in [-0.2, 0) is 6.42 Å². The Kier molecular flexibility index (Phi) is 3.19. The van der Waals surface area contributed by atoms with E-state index in [0.29, 0.717) is 0 Å². The van der Waals surface area contributed by atoms with Gasteiger partial charge in [0.25, 0.3) is 6.01 Å².